The maximum atomic E-state index is 11.9. The molecule has 144 valence electrons. The lowest BCUT2D eigenvalue weighted by molar-refractivity contribution is -0.121. The average molecular weight is 370 g/mol. The van der Waals surface area contributed by atoms with E-state index in [1.165, 1.54) is 17.8 Å². The maximum absolute atomic E-state index is 11.9. The van der Waals surface area contributed by atoms with Crippen molar-refractivity contribution in [2.45, 2.75) is 33.1 Å². The number of rotatable bonds is 9. The van der Waals surface area contributed by atoms with Gasteiger partial charge in [0.1, 0.15) is 5.75 Å². The van der Waals surface area contributed by atoms with Crippen LogP contribution in [-0.2, 0) is 11.2 Å². The molecule has 2 rings (SSSR count). The van der Waals surface area contributed by atoms with Crippen molar-refractivity contribution in [1.82, 2.24) is 5.43 Å². The summed E-state index contributed by atoms with van der Waals surface area (Å²) in [6.07, 6.45) is 3.47. The van der Waals surface area contributed by atoms with Crippen LogP contribution in [0.1, 0.15) is 36.5 Å². The van der Waals surface area contributed by atoms with Crippen molar-refractivity contribution >= 4 is 12.1 Å². The molecule has 0 bridgehead atoms. The fraction of sp³-hybridized carbons (Fsp3) is 0.333. The average Bonchev–Trinajstić information content (AvgIpc) is 2.65. The Balaban J connectivity index is 1.79. The summed E-state index contributed by atoms with van der Waals surface area (Å²) in [7, 11) is 1.65. The number of nitrogens with zero attached hydrogens (tertiary/aromatic N) is 1. The van der Waals surface area contributed by atoms with Crippen molar-refractivity contribution in [3.63, 3.8) is 0 Å². The zero-order valence-electron chi connectivity index (χ0n) is 16.0. The molecular formula is C21H26N2O4. The smallest absolute Gasteiger partial charge is 0.240 e. The van der Waals surface area contributed by atoms with Gasteiger partial charge in [0.15, 0.2) is 11.5 Å². The molecule has 0 aliphatic carbocycles. The first-order valence-electron chi connectivity index (χ1n) is 8.94. The molecule has 0 aliphatic rings. The van der Waals surface area contributed by atoms with E-state index >= 15 is 0 Å². The second-order valence-corrected chi connectivity index (χ2v) is 6.10. The monoisotopic (exact) mass is 370 g/mol. The number of carbonyl (C=O) groups excluding carboxylic acids is 1. The van der Waals surface area contributed by atoms with E-state index in [1.54, 1.807) is 19.2 Å². The highest BCUT2D eigenvalue weighted by Gasteiger charge is 2.05. The maximum Gasteiger partial charge on any atom is 0.240 e. The van der Waals surface area contributed by atoms with Crippen molar-refractivity contribution in [2.24, 2.45) is 5.10 Å². The molecule has 0 aromatic heterocycles. The van der Waals surface area contributed by atoms with Crippen molar-refractivity contribution in [2.75, 3.05) is 13.7 Å². The molecule has 2 aromatic rings. The summed E-state index contributed by atoms with van der Waals surface area (Å²) in [4.78, 5) is 11.9. The van der Waals surface area contributed by atoms with Gasteiger partial charge in [0.05, 0.1) is 19.9 Å². The quantitative estimate of drug-likeness (QED) is 0.522. The molecule has 1 amide bonds. The van der Waals surface area contributed by atoms with Gasteiger partial charge in [-0.25, -0.2) is 5.43 Å². The number of methoxy groups -OCH3 is 1. The Morgan fingerprint density at radius 2 is 2.07 bits per heavy atom. The van der Waals surface area contributed by atoms with Gasteiger partial charge in [-0.1, -0.05) is 6.07 Å². The first-order chi connectivity index (χ1) is 13.0. The molecule has 0 saturated carbocycles. The number of hydrogen-bond acceptors (Lipinski definition) is 5. The number of benzene rings is 2. The van der Waals surface area contributed by atoms with Crippen LogP contribution in [0.4, 0.5) is 0 Å². The largest absolute Gasteiger partial charge is 0.504 e. The molecule has 0 saturated heterocycles. The third kappa shape index (κ3) is 6.33. The van der Waals surface area contributed by atoms with Crippen LogP contribution in [0.5, 0.6) is 17.2 Å². The van der Waals surface area contributed by atoms with Gasteiger partial charge in [-0.05, 0) is 73.7 Å². The number of nitrogens with one attached hydrogen (secondary N) is 1. The summed E-state index contributed by atoms with van der Waals surface area (Å²) >= 11 is 0. The summed E-state index contributed by atoms with van der Waals surface area (Å²) in [5.74, 6) is 1.17. The first-order valence-corrected chi connectivity index (χ1v) is 8.94. The summed E-state index contributed by atoms with van der Waals surface area (Å²) in [5, 5.41) is 13.6. The highest BCUT2D eigenvalue weighted by molar-refractivity contribution is 5.83. The van der Waals surface area contributed by atoms with Gasteiger partial charge in [0, 0.05) is 6.42 Å². The molecule has 6 nitrogen and oxygen atoms in total. The van der Waals surface area contributed by atoms with Crippen molar-refractivity contribution in [3.05, 3.63) is 53.1 Å². The number of phenols is 1. The molecule has 0 radical (unpaired) electrons. The van der Waals surface area contributed by atoms with Gasteiger partial charge < -0.3 is 14.6 Å². The van der Waals surface area contributed by atoms with E-state index in [0.29, 0.717) is 18.8 Å². The van der Waals surface area contributed by atoms with Crippen LogP contribution < -0.4 is 14.9 Å². The van der Waals surface area contributed by atoms with Gasteiger partial charge in [-0.3, -0.25) is 4.79 Å². The number of ether oxygens (including phenoxy) is 2. The fourth-order valence-electron chi connectivity index (χ4n) is 2.63. The Hall–Kier alpha value is -3.02. The number of aryl methyl sites for hydroxylation is 2. The Labute approximate surface area is 159 Å². The number of amides is 1. The van der Waals surface area contributed by atoms with Crippen LogP contribution in [0.3, 0.4) is 0 Å². The Kier molecular flexibility index (Phi) is 7.67. The standard InChI is InChI=1S/C21H26N2O4/c1-4-27-20-13-16(8-11-19(20)24)14-22-23-21(25)7-5-6-17-9-10-18(26-3)12-15(17)2/h8-14,24H,4-7H2,1-3H3,(H,23,25)/b22-14+. The van der Waals surface area contributed by atoms with Crippen LogP contribution in [0, 0.1) is 6.92 Å². The van der Waals surface area contributed by atoms with Crippen LogP contribution in [0.25, 0.3) is 0 Å². The van der Waals surface area contributed by atoms with E-state index in [1.807, 2.05) is 32.0 Å². The molecule has 0 heterocycles. The van der Waals surface area contributed by atoms with E-state index < -0.39 is 0 Å². The van der Waals surface area contributed by atoms with E-state index in [2.05, 4.69) is 10.5 Å². The molecular weight excluding hydrogens is 344 g/mol. The number of hydrogen-bond donors (Lipinski definition) is 2. The van der Waals surface area contributed by atoms with Crippen LogP contribution in [-0.4, -0.2) is 30.9 Å². The highest BCUT2D eigenvalue weighted by Crippen LogP contribution is 2.26. The van der Waals surface area contributed by atoms with Crippen molar-refractivity contribution in [3.8, 4) is 17.2 Å². The van der Waals surface area contributed by atoms with E-state index in [4.69, 9.17) is 9.47 Å². The molecule has 0 aliphatic heterocycles. The van der Waals surface area contributed by atoms with Crippen LogP contribution in [0.15, 0.2) is 41.5 Å². The highest BCUT2D eigenvalue weighted by atomic mass is 16.5. The molecule has 2 aromatic carbocycles. The number of phenolic OH excluding ortho intramolecular Hbond substituents is 1. The van der Waals surface area contributed by atoms with Crippen molar-refractivity contribution in [1.29, 1.82) is 0 Å². The normalized spacial score (nSPS) is 10.8. The fourth-order valence-corrected chi connectivity index (χ4v) is 2.63. The lowest BCUT2D eigenvalue weighted by atomic mass is 10.0. The third-order valence-corrected chi connectivity index (χ3v) is 4.09. The zero-order chi connectivity index (χ0) is 19.6. The van der Waals surface area contributed by atoms with Gasteiger partial charge in [0.25, 0.3) is 0 Å². The van der Waals surface area contributed by atoms with E-state index in [0.717, 1.165) is 29.7 Å². The minimum atomic E-state index is -0.138. The molecule has 2 N–H and O–H groups in total. The predicted molar refractivity (Wildman–Crippen MR) is 106 cm³/mol. The molecule has 6 heteroatoms. The molecule has 0 atom stereocenters. The Bertz CT molecular complexity index is 803. The second-order valence-electron chi connectivity index (χ2n) is 6.10. The van der Waals surface area contributed by atoms with Gasteiger partial charge >= 0.3 is 0 Å². The van der Waals surface area contributed by atoms with Gasteiger partial charge in [-0.2, -0.15) is 5.10 Å². The number of hydrazone groups is 1. The second kappa shape index (κ2) is 10.2. The van der Waals surface area contributed by atoms with E-state index in [9.17, 15) is 9.90 Å². The molecule has 0 fully saturated rings. The molecule has 0 spiro atoms. The lowest BCUT2D eigenvalue weighted by Crippen LogP contribution is -2.17. The summed E-state index contributed by atoms with van der Waals surface area (Å²) in [6, 6.07) is 10.9. The topological polar surface area (TPSA) is 80.2 Å². The number of carbonyl (C=O) groups is 1. The summed E-state index contributed by atoms with van der Waals surface area (Å²) < 4.78 is 10.5. The minimum Gasteiger partial charge on any atom is -0.504 e. The lowest BCUT2D eigenvalue weighted by Gasteiger charge is -2.08. The van der Waals surface area contributed by atoms with Crippen molar-refractivity contribution < 1.29 is 19.4 Å². The minimum absolute atomic E-state index is 0.0758. The molecule has 0 unspecified atom stereocenters. The van der Waals surface area contributed by atoms with E-state index in [-0.39, 0.29) is 11.7 Å². The Morgan fingerprint density at radius 1 is 1.26 bits per heavy atom. The van der Waals surface area contributed by atoms with Crippen LogP contribution >= 0.6 is 0 Å². The summed E-state index contributed by atoms with van der Waals surface area (Å²) in [6.45, 7) is 4.34. The third-order valence-electron chi connectivity index (χ3n) is 4.09. The number of aromatic hydroxyl groups is 1. The van der Waals surface area contributed by atoms with Gasteiger partial charge in [0.2, 0.25) is 5.91 Å². The SMILES string of the molecule is CCOc1cc(/C=N/NC(=O)CCCc2ccc(OC)cc2C)ccc1O. The van der Waals surface area contributed by atoms with Crippen LogP contribution in [0.2, 0.25) is 0 Å². The zero-order valence-corrected chi connectivity index (χ0v) is 16.0. The first kappa shape index (κ1) is 20.3. The molecule has 27 heavy (non-hydrogen) atoms. The van der Waals surface area contributed by atoms with Gasteiger partial charge in [-0.15, -0.1) is 0 Å². The predicted octanol–water partition coefficient (Wildman–Crippen LogP) is 3.58. The summed E-state index contributed by atoms with van der Waals surface area (Å²) in [5.41, 5.74) is 5.62. The Morgan fingerprint density at radius 3 is 2.78 bits per heavy atom.